The summed E-state index contributed by atoms with van der Waals surface area (Å²) in [7, 11) is 0. The van der Waals surface area contributed by atoms with Gasteiger partial charge >= 0.3 is 0 Å². The fraction of sp³-hybridized carbons (Fsp3) is 0.192. The van der Waals surface area contributed by atoms with Crippen LogP contribution in [0.2, 0.25) is 0 Å². The molecule has 2 aromatic heterocycles. The monoisotopic (exact) mass is 458 g/mol. The summed E-state index contributed by atoms with van der Waals surface area (Å²) in [6.07, 6.45) is 1.67. The first-order valence-electron chi connectivity index (χ1n) is 10.6. The molecule has 0 radical (unpaired) electrons. The van der Waals surface area contributed by atoms with Crippen molar-refractivity contribution in [2.45, 2.75) is 26.8 Å². The van der Waals surface area contributed by atoms with Crippen molar-refractivity contribution in [2.24, 2.45) is 0 Å². The zero-order valence-electron chi connectivity index (χ0n) is 18.5. The predicted molar refractivity (Wildman–Crippen MR) is 130 cm³/mol. The second-order valence-corrected chi connectivity index (χ2v) is 9.24. The molecule has 3 heterocycles. The second-order valence-electron chi connectivity index (χ2n) is 8.06. The molecule has 0 saturated carbocycles. The Morgan fingerprint density at radius 1 is 1.15 bits per heavy atom. The first-order valence-corrected chi connectivity index (χ1v) is 11.4. The molecular weight excluding hydrogens is 436 g/mol. The number of ether oxygens (including phenoxy) is 1. The lowest BCUT2D eigenvalue weighted by Crippen LogP contribution is -2.29. The number of amides is 1. The number of anilines is 1. The maximum absolute atomic E-state index is 13.7. The Labute approximate surface area is 194 Å². The van der Waals surface area contributed by atoms with Crippen molar-refractivity contribution in [3.63, 3.8) is 0 Å². The van der Waals surface area contributed by atoms with Crippen LogP contribution in [0.5, 0.6) is 5.75 Å². The zero-order chi connectivity index (χ0) is 23.3. The molecule has 4 aromatic rings. The molecule has 0 saturated heterocycles. The molecule has 166 valence electrons. The van der Waals surface area contributed by atoms with Gasteiger partial charge in [0, 0.05) is 4.88 Å². The molecule has 5 rings (SSSR count). The molecule has 6 nitrogen and oxygen atoms in total. The van der Waals surface area contributed by atoms with Crippen molar-refractivity contribution in [1.82, 2.24) is 4.98 Å². The highest BCUT2D eigenvalue weighted by Crippen LogP contribution is 2.43. The number of carbonyl (C=O) groups is 1. The molecule has 1 aliphatic rings. The van der Waals surface area contributed by atoms with Crippen molar-refractivity contribution in [1.29, 1.82) is 0 Å². The molecule has 0 fully saturated rings. The van der Waals surface area contributed by atoms with Gasteiger partial charge in [0.15, 0.2) is 10.6 Å². The summed E-state index contributed by atoms with van der Waals surface area (Å²) in [4.78, 5) is 34.5. The van der Waals surface area contributed by atoms with Crippen LogP contribution in [0.15, 0.2) is 64.3 Å². The highest BCUT2D eigenvalue weighted by Gasteiger charge is 2.45. The maximum Gasteiger partial charge on any atom is 0.297 e. The fourth-order valence-corrected chi connectivity index (χ4v) is 5.00. The van der Waals surface area contributed by atoms with Crippen molar-refractivity contribution in [2.75, 3.05) is 11.5 Å². The molecule has 1 aliphatic heterocycles. The molecule has 33 heavy (non-hydrogen) atoms. The van der Waals surface area contributed by atoms with Crippen LogP contribution < -0.4 is 15.1 Å². The van der Waals surface area contributed by atoms with E-state index in [1.807, 2.05) is 51.1 Å². The van der Waals surface area contributed by atoms with Crippen molar-refractivity contribution >= 4 is 33.3 Å². The first-order chi connectivity index (χ1) is 15.9. The van der Waals surface area contributed by atoms with Gasteiger partial charge in [-0.25, -0.2) is 4.98 Å². The third-order valence-corrected chi connectivity index (χ3v) is 6.88. The number of nitrogens with zero attached hydrogens (tertiary/aromatic N) is 2. The number of hydrogen-bond acceptors (Lipinski definition) is 6. The van der Waals surface area contributed by atoms with E-state index in [0.717, 1.165) is 21.7 Å². The van der Waals surface area contributed by atoms with Gasteiger partial charge < -0.3 is 9.15 Å². The van der Waals surface area contributed by atoms with Gasteiger partial charge in [-0.15, -0.1) is 11.3 Å². The normalized spacial score (nSPS) is 15.2. The zero-order valence-corrected chi connectivity index (χ0v) is 19.4. The minimum atomic E-state index is -0.646. The Bertz CT molecular complexity index is 1450. The fourth-order valence-electron chi connectivity index (χ4n) is 4.06. The molecular formula is C26H22N2O4S. The number of rotatable bonds is 5. The number of thiazole rings is 1. The van der Waals surface area contributed by atoms with Gasteiger partial charge in [0.1, 0.15) is 17.9 Å². The maximum atomic E-state index is 13.7. The summed E-state index contributed by atoms with van der Waals surface area (Å²) in [5, 5.41) is 1.00. The minimum Gasteiger partial charge on any atom is -0.490 e. The summed E-state index contributed by atoms with van der Waals surface area (Å²) >= 11 is 1.43. The summed E-state index contributed by atoms with van der Waals surface area (Å²) in [6, 6.07) is 12.1. The Morgan fingerprint density at radius 3 is 2.58 bits per heavy atom. The van der Waals surface area contributed by atoms with Gasteiger partial charge in [-0.3, -0.25) is 14.5 Å². The molecule has 0 bridgehead atoms. The van der Waals surface area contributed by atoms with E-state index in [-0.39, 0.29) is 17.1 Å². The van der Waals surface area contributed by atoms with Crippen LogP contribution in [0.1, 0.15) is 43.9 Å². The third kappa shape index (κ3) is 3.45. The van der Waals surface area contributed by atoms with E-state index in [1.54, 1.807) is 23.1 Å². The average Bonchev–Trinajstić information content (AvgIpc) is 3.29. The van der Waals surface area contributed by atoms with Crippen LogP contribution in [-0.2, 0) is 0 Å². The van der Waals surface area contributed by atoms with Gasteiger partial charge in [0.25, 0.3) is 5.91 Å². The Hall–Kier alpha value is -3.71. The smallest absolute Gasteiger partial charge is 0.297 e. The molecule has 0 aliphatic carbocycles. The van der Waals surface area contributed by atoms with E-state index in [4.69, 9.17) is 9.15 Å². The van der Waals surface area contributed by atoms with Gasteiger partial charge in [0.2, 0.25) is 5.76 Å². The standard InChI is InChI=1S/C26H22N2O4S/c1-5-12-31-18-9-7-17(8-10-18)22-21-23(29)19-13-14(2)6-11-20(19)32-24(21)25(30)28(22)26-27-15(3)16(4)33-26/h5-11,13,22H,1,12H2,2-4H3. The largest absolute Gasteiger partial charge is 0.490 e. The molecule has 1 atom stereocenters. The van der Waals surface area contributed by atoms with Crippen LogP contribution in [0.3, 0.4) is 0 Å². The Kier molecular flexibility index (Phi) is 5.13. The Balaban J connectivity index is 1.73. The number of aromatic nitrogens is 1. The van der Waals surface area contributed by atoms with Crippen LogP contribution in [0, 0.1) is 20.8 Å². The quantitative estimate of drug-likeness (QED) is 0.370. The predicted octanol–water partition coefficient (Wildman–Crippen LogP) is 5.49. The van der Waals surface area contributed by atoms with Gasteiger partial charge in [-0.05, 0) is 50.6 Å². The number of carbonyl (C=O) groups excluding carboxylic acids is 1. The highest BCUT2D eigenvalue weighted by atomic mass is 32.1. The lowest BCUT2D eigenvalue weighted by atomic mass is 9.98. The van der Waals surface area contributed by atoms with Gasteiger partial charge in [-0.2, -0.15) is 0 Å². The van der Waals surface area contributed by atoms with Gasteiger partial charge in [0.05, 0.1) is 22.7 Å². The van der Waals surface area contributed by atoms with Crippen molar-refractivity contribution in [3.05, 3.63) is 98.4 Å². The van der Waals surface area contributed by atoms with Crippen LogP contribution in [-0.4, -0.2) is 17.5 Å². The summed E-state index contributed by atoms with van der Waals surface area (Å²) in [5.74, 6) is 0.381. The minimum absolute atomic E-state index is 0.0684. The van der Waals surface area contributed by atoms with E-state index in [0.29, 0.717) is 34.0 Å². The van der Waals surface area contributed by atoms with Crippen LogP contribution in [0.25, 0.3) is 11.0 Å². The van der Waals surface area contributed by atoms with Crippen LogP contribution >= 0.6 is 11.3 Å². The number of hydrogen-bond donors (Lipinski definition) is 0. The molecule has 0 spiro atoms. The van der Waals surface area contributed by atoms with E-state index in [1.165, 1.54) is 11.3 Å². The Morgan fingerprint density at radius 2 is 1.91 bits per heavy atom. The molecule has 1 amide bonds. The van der Waals surface area contributed by atoms with Crippen molar-refractivity contribution < 1.29 is 13.9 Å². The third-order valence-electron chi connectivity index (χ3n) is 5.81. The average molecular weight is 459 g/mol. The summed E-state index contributed by atoms with van der Waals surface area (Å²) < 4.78 is 11.6. The van der Waals surface area contributed by atoms with E-state index in [2.05, 4.69) is 11.6 Å². The molecule has 1 unspecified atom stereocenters. The van der Waals surface area contributed by atoms with Gasteiger partial charge in [-0.1, -0.05) is 36.4 Å². The SMILES string of the molecule is C=CCOc1ccc(C2c3c(oc4ccc(C)cc4c3=O)C(=O)N2c2nc(C)c(C)s2)cc1. The lowest BCUT2D eigenvalue weighted by molar-refractivity contribution is 0.0971. The van der Waals surface area contributed by atoms with Crippen LogP contribution in [0.4, 0.5) is 5.13 Å². The molecule has 7 heteroatoms. The second kappa shape index (κ2) is 8.01. The number of fused-ring (bicyclic) bond motifs is 2. The van der Waals surface area contributed by atoms with E-state index in [9.17, 15) is 9.59 Å². The highest BCUT2D eigenvalue weighted by molar-refractivity contribution is 7.15. The number of benzene rings is 2. The number of aryl methyl sites for hydroxylation is 3. The summed E-state index contributed by atoms with van der Waals surface area (Å²) in [5.41, 5.74) is 3.11. The summed E-state index contributed by atoms with van der Waals surface area (Å²) in [6.45, 7) is 9.85. The van der Waals surface area contributed by atoms with E-state index >= 15 is 0 Å². The molecule has 2 aromatic carbocycles. The van der Waals surface area contributed by atoms with Crippen molar-refractivity contribution in [3.8, 4) is 5.75 Å². The molecule has 0 N–H and O–H groups in total. The lowest BCUT2D eigenvalue weighted by Gasteiger charge is -2.22. The van der Waals surface area contributed by atoms with E-state index < -0.39 is 6.04 Å². The topological polar surface area (TPSA) is 72.6 Å². The first kappa shape index (κ1) is 21.2.